The molecule has 2 aromatic carbocycles. The molecule has 0 aromatic heterocycles. The Hall–Kier alpha value is -2.10. The average Bonchev–Trinajstić information content (AvgIpc) is 2.35. The van der Waals surface area contributed by atoms with Gasteiger partial charge in [0.25, 0.3) is 0 Å². The lowest BCUT2D eigenvalue weighted by atomic mass is 9.91. The molecule has 18 heavy (non-hydrogen) atoms. The van der Waals surface area contributed by atoms with E-state index in [0.717, 1.165) is 10.8 Å². The number of rotatable bonds is 3. The lowest BCUT2D eigenvalue weighted by Crippen LogP contribution is -2.13. The Balaban J connectivity index is 2.40. The third kappa shape index (κ3) is 2.59. The van der Waals surface area contributed by atoms with Crippen LogP contribution >= 0.6 is 0 Å². The summed E-state index contributed by atoms with van der Waals surface area (Å²) in [6.07, 6.45) is 0. The van der Waals surface area contributed by atoms with Gasteiger partial charge in [-0.25, -0.2) is 0 Å². The zero-order chi connectivity index (χ0) is 13.1. The number of ether oxygens (including phenoxy) is 1. The van der Waals surface area contributed by atoms with Crippen molar-refractivity contribution in [2.24, 2.45) is 0 Å². The smallest absolute Gasteiger partial charge is 0.303 e. The van der Waals surface area contributed by atoms with Crippen LogP contribution in [0.3, 0.4) is 0 Å². The van der Waals surface area contributed by atoms with Crippen LogP contribution in [-0.4, -0.2) is 26.2 Å². The highest BCUT2D eigenvalue weighted by Crippen LogP contribution is 2.18. The van der Waals surface area contributed by atoms with Gasteiger partial charge in [0.1, 0.15) is 7.85 Å². The van der Waals surface area contributed by atoms with Crippen LogP contribution in [0.4, 0.5) is 0 Å². The minimum atomic E-state index is -0.469. The summed E-state index contributed by atoms with van der Waals surface area (Å²) in [6, 6.07) is 10.8. The van der Waals surface area contributed by atoms with E-state index in [1.165, 1.54) is 6.92 Å². The van der Waals surface area contributed by atoms with E-state index in [9.17, 15) is 9.59 Å². The molecule has 0 amide bonds. The molecule has 2 radical (unpaired) electrons. The average molecular weight is 238 g/mol. The first kappa shape index (κ1) is 12.4. The minimum Gasteiger partial charge on any atom is -0.457 e. The molecule has 0 saturated heterocycles. The molecule has 0 aliphatic carbocycles. The molecule has 0 aliphatic rings. The quantitative estimate of drug-likeness (QED) is 0.461. The van der Waals surface area contributed by atoms with Crippen LogP contribution in [0.1, 0.15) is 17.3 Å². The molecule has 3 nitrogen and oxygen atoms in total. The van der Waals surface area contributed by atoms with Crippen LogP contribution in [0.25, 0.3) is 10.8 Å². The van der Waals surface area contributed by atoms with Gasteiger partial charge in [-0.05, 0) is 10.8 Å². The number of ketones is 1. The third-order valence-electron chi connectivity index (χ3n) is 2.61. The van der Waals surface area contributed by atoms with E-state index in [-0.39, 0.29) is 12.4 Å². The van der Waals surface area contributed by atoms with Crippen molar-refractivity contribution in [3.05, 3.63) is 42.0 Å². The van der Waals surface area contributed by atoms with Crippen LogP contribution in [0.5, 0.6) is 0 Å². The maximum Gasteiger partial charge on any atom is 0.303 e. The number of esters is 1. The van der Waals surface area contributed by atoms with E-state index in [1.54, 1.807) is 24.3 Å². The second kappa shape index (κ2) is 5.04. The highest BCUT2D eigenvalue weighted by Gasteiger charge is 2.11. The molecule has 0 spiro atoms. The zero-order valence-electron chi connectivity index (χ0n) is 9.97. The van der Waals surface area contributed by atoms with Crippen LogP contribution in [0, 0.1) is 0 Å². The van der Waals surface area contributed by atoms with Crippen molar-refractivity contribution < 1.29 is 14.3 Å². The highest BCUT2D eigenvalue weighted by atomic mass is 16.5. The molecule has 4 heteroatoms. The lowest BCUT2D eigenvalue weighted by Gasteiger charge is -2.07. The Labute approximate surface area is 106 Å². The van der Waals surface area contributed by atoms with Gasteiger partial charge in [0.05, 0.1) is 0 Å². The molecule has 0 heterocycles. The van der Waals surface area contributed by atoms with Gasteiger partial charge in [-0.3, -0.25) is 9.59 Å². The second-order valence-electron chi connectivity index (χ2n) is 3.99. The maximum atomic E-state index is 12.0. The van der Waals surface area contributed by atoms with Crippen molar-refractivity contribution in [3.8, 4) is 0 Å². The van der Waals surface area contributed by atoms with Crippen molar-refractivity contribution in [1.82, 2.24) is 0 Å². The second-order valence-corrected chi connectivity index (χ2v) is 3.99. The molecule has 0 fully saturated rings. The number of benzene rings is 2. The Morgan fingerprint density at radius 3 is 2.72 bits per heavy atom. The van der Waals surface area contributed by atoms with Gasteiger partial charge in [0, 0.05) is 12.5 Å². The summed E-state index contributed by atoms with van der Waals surface area (Å²) in [7, 11) is 5.72. The van der Waals surface area contributed by atoms with E-state index in [4.69, 9.17) is 12.6 Å². The maximum absolute atomic E-state index is 12.0. The summed E-state index contributed by atoms with van der Waals surface area (Å²) in [4.78, 5) is 22.7. The van der Waals surface area contributed by atoms with Gasteiger partial charge in [-0.1, -0.05) is 41.9 Å². The molecule has 2 rings (SSSR count). The van der Waals surface area contributed by atoms with Gasteiger partial charge in [-0.15, -0.1) is 0 Å². The first-order chi connectivity index (χ1) is 8.58. The highest BCUT2D eigenvalue weighted by molar-refractivity contribution is 6.33. The molecular weight excluding hydrogens is 227 g/mol. The van der Waals surface area contributed by atoms with E-state index in [2.05, 4.69) is 0 Å². The zero-order valence-corrected chi connectivity index (χ0v) is 9.97. The summed E-state index contributed by atoms with van der Waals surface area (Å²) < 4.78 is 4.72. The molecule has 0 saturated carbocycles. The number of hydrogen-bond donors (Lipinski definition) is 0. The fraction of sp³-hybridized carbons (Fsp3) is 0.143. The summed E-state index contributed by atoms with van der Waals surface area (Å²) in [5, 5.41) is 1.70. The van der Waals surface area contributed by atoms with Crippen LogP contribution in [0.2, 0.25) is 0 Å². The fourth-order valence-corrected chi connectivity index (χ4v) is 1.78. The molecular formula is C14H11BO3. The predicted octanol–water partition coefficient (Wildman–Crippen LogP) is 1.38. The van der Waals surface area contributed by atoms with E-state index in [0.29, 0.717) is 11.0 Å². The molecule has 2 aromatic rings. The molecule has 0 atom stereocenters. The number of carbonyl (C=O) groups is 2. The molecule has 0 bridgehead atoms. The Bertz CT molecular complexity index is 619. The Kier molecular flexibility index (Phi) is 3.46. The third-order valence-corrected chi connectivity index (χ3v) is 2.61. The van der Waals surface area contributed by atoms with E-state index in [1.807, 2.05) is 12.1 Å². The number of fused-ring (bicyclic) bond motifs is 1. The van der Waals surface area contributed by atoms with E-state index >= 15 is 0 Å². The topological polar surface area (TPSA) is 43.4 Å². The van der Waals surface area contributed by atoms with Crippen molar-refractivity contribution in [3.63, 3.8) is 0 Å². The normalized spacial score (nSPS) is 10.3. The standard InChI is InChI=1S/C14H11BO3/c1-9(16)18-8-14(17)12-4-2-3-10-5-6-11(15)7-13(10)12/h2-7H,8H2,1H3. The fourth-order valence-electron chi connectivity index (χ4n) is 1.78. The predicted molar refractivity (Wildman–Crippen MR) is 70.3 cm³/mol. The molecule has 0 aliphatic heterocycles. The van der Waals surface area contributed by atoms with Gasteiger partial charge in [0.2, 0.25) is 5.78 Å². The van der Waals surface area contributed by atoms with E-state index < -0.39 is 5.97 Å². The van der Waals surface area contributed by atoms with Crippen molar-refractivity contribution in [2.45, 2.75) is 6.92 Å². The van der Waals surface area contributed by atoms with Crippen molar-refractivity contribution >= 4 is 35.8 Å². The van der Waals surface area contributed by atoms with Gasteiger partial charge >= 0.3 is 5.97 Å². The SMILES string of the molecule is [B]c1ccc2cccc(C(=O)COC(C)=O)c2c1. The monoisotopic (exact) mass is 238 g/mol. The Morgan fingerprint density at radius 1 is 1.22 bits per heavy atom. The van der Waals surface area contributed by atoms with Gasteiger partial charge in [-0.2, -0.15) is 0 Å². The summed E-state index contributed by atoms with van der Waals surface area (Å²) in [6.45, 7) is 1.03. The lowest BCUT2D eigenvalue weighted by molar-refractivity contribution is -0.139. The summed E-state index contributed by atoms with van der Waals surface area (Å²) >= 11 is 0. The molecule has 0 unspecified atom stereocenters. The van der Waals surface area contributed by atoms with Crippen LogP contribution < -0.4 is 5.46 Å². The summed E-state index contributed by atoms with van der Waals surface area (Å²) in [5.41, 5.74) is 1.11. The number of Topliss-reactive ketones (excluding diaryl/α,β-unsaturated/α-hetero) is 1. The number of hydrogen-bond acceptors (Lipinski definition) is 3. The minimum absolute atomic E-state index is 0.235. The largest absolute Gasteiger partial charge is 0.457 e. The van der Waals surface area contributed by atoms with Crippen molar-refractivity contribution in [2.75, 3.05) is 6.61 Å². The molecule has 88 valence electrons. The number of carbonyl (C=O) groups excluding carboxylic acids is 2. The van der Waals surface area contributed by atoms with Gasteiger partial charge in [0.15, 0.2) is 6.61 Å². The first-order valence-electron chi connectivity index (χ1n) is 5.53. The van der Waals surface area contributed by atoms with Crippen molar-refractivity contribution in [1.29, 1.82) is 0 Å². The van der Waals surface area contributed by atoms with Gasteiger partial charge < -0.3 is 4.74 Å². The van der Waals surface area contributed by atoms with Crippen LogP contribution in [-0.2, 0) is 9.53 Å². The first-order valence-corrected chi connectivity index (χ1v) is 5.53. The van der Waals surface area contributed by atoms with Crippen LogP contribution in [0.15, 0.2) is 36.4 Å². The Morgan fingerprint density at radius 2 is 2.00 bits per heavy atom. The summed E-state index contributed by atoms with van der Waals surface area (Å²) in [5.74, 6) is -0.704. The molecule has 0 N–H and O–H groups in total.